The minimum atomic E-state index is -0.408. The molecule has 8 nitrogen and oxygen atoms in total. The molecular weight excluding hydrogens is 432 g/mol. The third kappa shape index (κ3) is 3.27. The van der Waals surface area contributed by atoms with Crippen LogP contribution >= 0.6 is 0 Å². The van der Waals surface area contributed by atoms with Crippen molar-refractivity contribution in [2.45, 2.75) is 44.7 Å². The Balaban J connectivity index is 1.51. The van der Waals surface area contributed by atoms with Crippen molar-refractivity contribution in [2.75, 3.05) is 33.9 Å². The van der Waals surface area contributed by atoms with E-state index in [0.29, 0.717) is 44.6 Å². The minimum absolute atomic E-state index is 0.0287. The third-order valence-corrected chi connectivity index (χ3v) is 7.63. The van der Waals surface area contributed by atoms with Gasteiger partial charge in [0.2, 0.25) is 0 Å². The second-order valence-electron chi connectivity index (χ2n) is 9.28. The van der Waals surface area contributed by atoms with Gasteiger partial charge in [-0.3, -0.25) is 9.69 Å². The topological polar surface area (TPSA) is 78.1 Å². The highest BCUT2D eigenvalue weighted by molar-refractivity contribution is 5.94. The number of urea groups is 1. The molecule has 34 heavy (non-hydrogen) atoms. The van der Waals surface area contributed by atoms with Crippen LogP contribution in [-0.4, -0.2) is 71.0 Å². The lowest BCUT2D eigenvalue weighted by Crippen LogP contribution is -2.54. The number of carbonyl (C=O) groups excluding carboxylic acids is 2. The number of allylic oxidation sites excluding steroid dienone is 1. The van der Waals surface area contributed by atoms with E-state index in [1.165, 1.54) is 0 Å². The average molecular weight is 465 g/mol. The van der Waals surface area contributed by atoms with E-state index in [1.807, 2.05) is 33.8 Å². The number of H-pyrrole nitrogens is 1. The smallest absolute Gasteiger partial charge is 0.325 e. The number of fused-ring (bicyclic) bond motifs is 3. The Morgan fingerprint density at radius 3 is 2.59 bits per heavy atom. The SMILES string of the molecule is CCN1C(=O)N2Cc3cc(OC)cc(OC)c3C(C)C=C2C12CCN(C(=O)c1cc[nH]c1)CC2. The Morgan fingerprint density at radius 1 is 1.21 bits per heavy atom. The molecule has 1 aromatic carbocycles. The molecule has 0 bridgehead atoms. The molecule has 2 fully saturated rings. The molecule has 3 aliphatic heterocycles. The zero-order valence-corrected chi connectivity index (χ0v) is 20.3. The lowest BCUT2D eigenvalue weighted by molar-refractivity contribution is 0.0575. The first-order chi connectivity index (χ1) is 16.4. The third-order valence-electron chi connectivity index (χ3n) is 7.63. The predicted molar refractivity (Wildman–Crippen MR) is 128 cm³/mol. The standard InChI is InChI=1S/C26H32N4O4/c1-5-30-25(32)29-16-19-13-20(33-3)14-21(34-4)23(19)17(2)12-22(29)26(30)7-10-28(11-8-26)24(31)18-6-9-27-15-18/h6,9,12-15,17,27H,5,7-8,10-11,16H2,1-4H3. The van der Waals surface area contributed by atoms with Gasteiger partial charge in [-0.1, -0.05) is 13.0 Å². The average Bonchev–Trinajstić information content (AvgIpc) is 3.42. The summed E-state index contributed by atoms with van der Waals surface area (Å²) in [4.78, 5) is 35.4. The maximum atomic E-state index is 13.7. The monoisotopic (exact) mass is 464 g/mol. The summed E-state index contributed by atoms with van der Waals surface area (Å²) in [6, 6.07) is 5.75. The van der Waals surface area contributed by atoms with Crippen molar-refractivity contribution in [2.24, 2.45) is 0 Å². The van der Waals surface area contributed by atoms with Gasteiger partial charge >= 0.3 is 6.03 Å². The highest BCUT2D eigenvalue weighted by atomic mass is 16.5. The van der Waals surface area contributed by atoms with Crippen LogP contribution in [0.2, 0.25) is 0 Å². The fourth-order valence-electron chi connectivity index (χ4n) is 5.98. The van der Waals surface area contributed by atoms with E-state index in [2.05, 4.69) is 18.0 Å². The van der Waals surface area contributed by atoms with Gasteiger partial charge in [0.05, 0.1) is 31.9 Å². The normalized spacial score (nSPS) is 21.2. The molecule has 1 aromatic heterocycles. The Morgan fingerprint density at radius 2 is 1.97 bits per heavy atom. The number of piperidine rings is 1. The summed E-state index contributed by atoms with van der Waals surface area (Å²) in [6.45, 7) is 6.51. The fraction of sp³-hybridized carbons (Fsp3) is 0.462. The van der Waals surface area contributed by atoms with Gasteiger partial charge in [-0.25, -0.2) is 4.79 Å². The summed E-state index contributed by atoms with van der Waals surface area (Å²) < 4.78 is 11.2. The van der Waals surface area contributed by atoms with Gasteiger partial charge in [-0.05, 0) is 37.5 Å². The Kier molecular flexibility index (Phi) is 5.54. The number of carbonyl (C=O) groups is 2. The first kappa shape index (κ1) is 22.4. The summed E-state index contributed by atoms with van der Waals surface area (Å²) >= 11 is 0. The molecule has 0 radical (unpaired) electrons. The van der Waals surface area contributed by atoms with E-state index in [4.69, 9.17) is 9.47 Å². The van der Waals surface area contributed by atoms with Crippen LogP contribution in [0.4, 0.5) is 4.79 Å². The van der Waals surface area contributed by atoms with Crippen molar-refractivity contribution in [3.63, 3.8) is 0 Å². The number of hydrogen-bond donors (Lipinski definition) is 1. The van der Waals surface area contributed by atoms with Crippen molar-refractivity contribution >= 4 is 11.9 Å². The number of aromatic nitrogens is 1. The number of hydrogen-bond acceptors (Lipinski definition) is 4. The van der Waals surface area contributed by atoms with Crippen LogP contribution < -0.4 is 9.47 Å². The molecule has 1 atom stereocenters. The minimum Gasteiger partial charge on any atom is -0.497 e. The number of nitrogens with zero attached hydrogens (tertiary/aromatic N) is 3. The quantitative estimate of drug-likeness (QED) is 0.743. The van der Waals surface area contributed by atoms with Crippen molar-refractivity contribution in [3.05, 3.63) is 59.1 Å². The van der Waals surface area contributed by atoms with Crippen molar-refractivity contribution in [1.29, 1.82) is 0 Å². The highest BCUT2D eigenvalue weighted by Crippen LogP contribution is 2.49. The van der Waals surface area contributed by atoms with Crippen molar-refractivity contribution in [1.82, 2.24) is 19.7 Å². The highest BCUT2D eigenvalue weighted by Gasteiger charge is 2.55. The Labute approximate surface area is 200 Å². The molecule has 1 spiro atoms. The molecular formula is C26H32N4O4. The molecule has 3 aliphatic rings. The molecule has 4 heterocycles. The van der Waals surface area contributed by atoms with Crippen LogP contribution in [0, 0.1) is 0 Å². The van der Waals surface area contributed by atoms with Gasteiger partial charge < -0.3 is 24.3 Å². The van der Waals surface area contributed by atoms with Gasteiger partial charge in [0.25, 0.3) is 5.91 Å². The van der Waals surface area contributed by atoms with E-state index >= 15 is 0 Å². The number of methoxy groups -OCH3 is 2. The van der Waals surface area contributed by atoms with E-state index in [9.17, 15) is 9.59 Å². The summed E-state index contributed by atoms with van der Waals surface area (Å²) in [5.74, 6) is 1.60. The van der Waals surface area contributed by atoms with Crippen LogP contribution in [0.15, 0.2) is 42.4 Å². The molecule has 1 unspecified atom stereocenters. The molecule has 0 aliphatic carbocycles. The van der Waals surface area contributed by atoms with Gasteiger partial charge in [0.1, 0.15) is 11.5 Å². The molecule has 2 aromatic rings. The summed E-state index contributed by atoms with van der Waals surface area (Å²) in [6.07, 6.45) is 7.17. The number of ether oxygens (including phenoxy) is 2. The van der Waals surface area contributed by atoms with E-state index < -0.39 is 5.54 Å². The second-order valence-corrected chi connectivity index (χ2v) is 9.28. The van der Waals surface area contributed by atoms with Crippen LogP contribution in [0.3, 0.4) is 0 Å². The Hall–Kier alpha value is -3.42. The van der Waals surface area contributed by atoms with Crippen LogP contribution in [0.25, 0.3) is 0 Å². The maximum Gasteiger partial charge on any atom is 0.325 e. The van der Waals surface area contributed by atoms with Gasteiger partial charge in [-0.2, -0.15) is 0 Å². The maximum absolute atomic E-state index is 13.7. The van der Waals surface area contributed by atoms with E-state index in [-0.39, 0.29) is 17.9 Å². The molecule has 180 valence electrons. The van der Waals surface area contributed by atoms with Crippen LogP contribution in [0.1, 0.15) is 54.1 Å². The first-order valence-electron chi connectivity index (χ1n) is 11.9. The number of benzene rings is 1. The van der Waals surface area contributed by atoms with E-state index in [1.54, 1.807) is 32.7 Å². The number of nitrogens with one attached hydrogen (secondary N) is 1. The number of likely N-dealkylation sites (tertiary alicyclic amines) is 1. The number of amides is 3. The van der Waals surface area contributed by atoms with Gasteiger partial charge in [-0.15, -0.1) is 0 Å². The molecule has 2 saturated heterocycles. The van der Waals surface area contributed by atoms with Crippen molar-refractivity contribution in [3.8, 4) is 11.5 Å². The predicted octanol–water partition coefficient (Wildman–Crippen LogP) is 3.97. The second kappa shape index (κ2) is 8.42. The van der Waals surface area contributed by atoms with Gasteiger partial charge in [0.15, 0.2) is 0 Å². The number of likely N-dealkylation sites (N-methyl/N-ethyl adjacent to an activating group) is 1. The first-order valence-corrected chi connectivity index (χ1v) is 11.9. The molecule has 8 heteroatoms. The molecule has 1 N–H and O–H groups in total. The number of rotatable bonds is 4. The summed E-state index contributed by atoms with van der Waals surface area (Å²) in [5, 5.41) is 0. The lowest BCUT2D eigenvalue weighted by Gasteiger charge is -2.44. The lowest BCUT2D eigenvalue weighted by atomic mass is 9.82. The van der Waals surface area contributed by atoms with Crippen LogP contribution in [0.5, 0.6) is 11.5 Å². The molecule has 5 rings (SSSR count). The molecule has 3 amide bonds. The molecule has 0 saturated carbocycles. The van der Waals surface area contributed by atoms with E-state index in [0.717, 1.165) is 28.3 Å². The fourth-order valence-corrected chi connectivity index (χ4v) is 5.98. The summed E-state index contributed by atoms with van der Waals surface area (Å²) in [5.41, 5.74) is 3.45. The zero-order valence-electron chi connectivity index (χ0n) is 20.3. The number of aromatic amines is 1. The van der Waals surface area contributed by atoms with Crippen LogP contribution in [-0.2, 0) is 6.54 Å². The zero-order chi connectivity index (χ0) is 24.0. The van der Waals surface area contributed by atoms with Crippen molar-refractivity contribution < 1.29 is 19.1 Å². The van der Waals surface area contributed by atoms with Gasteiger partial charge in [0, 0.05) is 55.3 Å². The largest absolute Gasteiger partial charge is 0.497 e. The summed E-state index contributed by atoms with van der Waals surface area (Å²) in [7, 11) is 3.31. The Bertz CT molecular complexity index is 1130.